The van der Waals surface area contributed by atoms with Crippen molar-refractivity contribution in [3.05, 3.63) is 29.3 Å². The van der Waals surface area contributed by atoms with Crippen molar-refractivity contribution >= 4 is 17.8 Å². The number of aliphatic hydroxyl groups excluding tert-OH is 1. The summed E-state index contributed by atoms with van der Waals surface area (Å²) in [5, 5.41) is 10.0. The van der Waals surface area contributed by atoms with Crippen LogP contribution in [-0.4, -0.2) is 48.1 Å². The van der Waals surface area contributed by atoms with Gasteiger partial charge >= 0.3 is 11.9 Å². The Kier molecular flexibility index (Phi) is 4.20. The first kappa shape index (κ1) is 14.9. The zero-order valence-corrected chi connectivity index (χ0v) is 11.2. The summed E-state index contributed by atoms with van der Waals surface area (Å²) >= 11 is 0. The van der Waals surface area contributed by atoms with Crippen LogP contribution in [0.25, 0.3) is 0 Å². The number of amides is 1. The second kappa shape index (κ2) is 5.90. The largest absolute Gasteiger partial charge is 0.468 e. The molecule has 1 aliphatic rings. The third kappa shape index (κ3) is 2.86. The molecule has 0 aromatic heterocycles. The number of rotatable bonds is 4. The van der Waals surface area contributed by atoms with Gasteiger partial charge in [0.2, 0.25) is 0 Å². The van der Waals surface area contributed by atoms with Gasteiger partial charge in [0.1, 0.15) is 12.3 Å². The molecule has 2 rings (SSSR count). The molecule has 0 bridgehead atoms. The predicted octanol–water partition coefficient (Wildman–Crippen LogP) is -0.830. The number of hydrogen-bond donors (Lipinski definition) is 2. The molecule has 112 valence electrons. The minimum Gasteiger partial charge on any atom is -0.468 e. The van der Waals surface area contributed by atoms with Crippen molar-refractivity contribution in [2.24, 2.45) is 5.73 Å². The molecule has 1 unspecified atom stereocenters. The van der Waals surface area contributed by atoms with Crippen molar-refractivity contribution < 1.29 is 29.0 Å². The summed E-state index contributed by atoms with van der Waals surface area (Å²) in [5.41, 5.74) is 5.62. The summed E-state index contributed by atoms with van der Waals surface area (Å²) in [6, 6.07) is 4.21. The van der Waals surface area contributed by atoms with Crippen LogP contribution in [0.15, 0.2) is 18.2 Å². The molecule has 1 atom stereocenters. The highest BCUT2D eigenvalue weighted by Crippen LogP contribution is 2.33. The van der Waals surface area contributed by atoms with Crippen LogP contribution in [0.4, 0.5) is 0 Å². The lowest BCUT2D eigenvalue weighted by Crippen LogP contribution is -2.33. The van der Waals surface area contributed by atoms with Gasteiger partial charge in [0, 0.05) is 5.56 Å². The first-order chi connectivity index (χ1) is 9.97. The lowest BCUT2D eigenvalue weighted by atomic mass is 10.1. The topological polar surface area (TPSA) is 119 Å². The molecule has 0 aliphatic carbocycles. The van der Waals surface area contributed by atoms with Crippen LogP contribution in [0.3, 0.4) is 0 Å². The van der Waals surface area contributed by atoms with Crippen molar-refractivity contribution in [3.8, 4) is 5.75 Å². The zero-order valence-electron chi connectivity index (χ0n) is 11.2. The molecule has 0 radical (unpaired) electrons. The second-order valence-corrected chi connectivity index (χ2v) is 4.31. The van der Waals surface area contributed by atoms with Gasteiger partial charge < -0.3 is 20.3 Å². The highest BCUT2D eigenvalue weighted by atomic mass is 16.5. The Morgan fingerprint density at radius 3 is 2.71 bits per heavy atom. The second-order valence-electron chi connectivity index (χ2n) is 4.31. The fourth-order valence-corrected chi connectivity index (χ4v) is 1.98. The van der Waals surface area contributed by atoms with Crippen LogP contribution in [0, 0.1) is 0 Å². The minimum atomic E-state index is -1.24. The van der Waals surface area contributed by atoms with E-state index in [1.54, 1.807) is 0 Å². The van der Waals surface area contributed by atoms with E-state index in [-0.39, 0.29) is 24.4 Å². The Hall–Kier alpha value is -2.45. The normalized spacial score (nSPS) is 16.6. The van der Waals surface area contributed by atoms with Crippen molar-refractivity contribution in [3.63, 3.8) is 0 Å². The van der Waals surface area contributed by atoms with Gasteiger partial charge in [0.15, 0.2) is 6.23 Å². The fourth-order valence-electron chi connectivity index (χ4n) is 1.98. The van der Waals surface area contributed by atoms with Crippen LogP contribution >= 0.6 is 0 Å². The van der Waals surface area contributed by atoms with E-state index in [0.29, 0.717) is 5.56 Å². The van der Waals surface area contributed by atoms with Gasteiger partial charge in [-0.3, -0.25) is 19.3 Å². The number of methoxy groups -OCH3 is 1. The molecule has 0 spiro atoms. The number of fused-ring (bicyclic) bond motifs is 1. The number of nitrogens with two attached hydrogens (primary N) is 1. The van der Waals surface area contributed by atoms with Crippen molar-refractivity contribution in [2.45, 2.75) is 6.23 Å². The molecule has 8 nitrogen and oxygen atoms in total. The summed E-state index contributed by atoms with van der Waals surface area (Å²) in [5.74, 6) is -1.70. The first-order valence-electron chi connectivity index (χ1n) is 6.08. The third-order valence-corrected chi connectivity index (χ3v) is 3.01. The van der Waals surface area contributed by atoms with E-state index in [0.717, 1.165) is 4.90 Å². The van der Waals surface area contributed by atoms with Gasteiger partial charge in [0.25, 0.3) is 5.91 Å². The van der Waals surface area contributed by atoms with Crippen molar-refractivity contribution in [1.29, 1.82) is 0 Å². The van der Waals surface area contributed by atoms with Crippen LogP contribution in [0.5, 0.6) is 5.75 Å². The van der Waals surface area contributed by atoms with Crippen molar-refractivity contribution in [2.75, 3.05) is 20.2 Å². The highest BCUT2D eigenvalue weighted by Gasteiger charge is 2.37. The van der Waals surface area contributed by atoms with Gasteiger partial charge in [-0.2, -0.15) is 0 Å². The monoisotopic (exact) mass is 294 g/mol. The maximum absolute atomic E-state index is 12.2. The average molecular weight is 294 g/mol. The lowest BCUT2D eigenvalue weighted by Gasteiger charge is -2.18. The molecule has 0 saturated heterocycles. The summed E-state index contributed by atoms with van der Waals surface area (Å²) in [4.78, 5) is 35.5. The van der Waals surface area contributed by atoms with E-state index < -0.39 is 24.1 Å². The number of carbonyl (C=O) groups is 3. The smallest absolute Gasteiger partial charge is 0.325 e. The first-order valence-corrected chi connectivity index (χ1v) is 6.08. The zero-order chi connectivity index (χ0) is 15.6. The molecular formula is C13H14N2O6. The van der Waals surface area contributed by atoms with E-state index in [1.807, 2.05) is 0 Å². The molecular weight excluding hydrogens is 280 g/mol. The molecule has 21 heavy (non-hydrogen) atoms. The Labute approximate surface area is 120 Å². The molecule has 1 aromatic carbocycles. The Morgan fingerprint density at radius 2 is 2.10 bits per heavy atom. The summed E-state index contributed by atoms with van der Waals surface area (Å²) in [6.45, 7) is -0.661. The third-order valence-electron chi connectivity index (χ3n) is 3.01. The van der Waals surface area contributed by atoms with Crippen molar-refractivity contribution in [1.82, 2.24) is 4.90 Å². The maximum atomic E-state index is 12.2. The number of hydrogen-bond acceptors (Lipinski definition) is 7. The summed E-state index contributed by atoms with van der Waals surface area (Å²) in [7, 11) is 1.19. The minimum absolute atomic E-state index is 0.143. The Balaban J connectivity index is 2.25. The number of carbonyl (C=O) groups excluding carboxylic acids is 3. The molecule has 8 heteroatoms. The average Bonchev–Trinajstić information content (AvgIpc) is 2.71. The van der Waals surface area contributed by atoms with E-state index in [2.05, 4.69) is 4.74 Å². The van der Waals surface area contributed by atoms with E-state index >= 15 is 0 Å². The number of aliphatic hydroxyl groups is 1. The predicted molar refractivity (Wildman–Crippen MR) is 69.1 cm³/mol. The van der Waals surface area contributed by atoms with Gasteiger partial charge in [-0.05, 0) is 12.1 Å². The van der Waals surface area contributed by atoms with Gasteiger partial charge in [-0.15, -0.1) is 0 Å². The molecule has 3 N–H and O–H groups in total. The molecule has 0 fully saturated rings. The number of esters is 2. The number of benzene rings is 1. The summed E-state index contributed by atoms with van der Waals surface area (Å²) in [6.07, 6.45) is -1.24. The van der Waals surface area contributed by atoms with Gasteiger partial charge in [-0.25, -0.2) is 0 Å². The molecule has 1 heterocycles. The van der Waals surface area contributed by atoms with E-state index in [4.69, 9.17) is 10.5 Å². The maximum Gasteiger partial charge on any atom is 0.325 e. The van der Waals surface area contributed by atoms with Gasteiger partial charge in [-0.1, -0.05) is 6.07 Å². The molecule has 1 aliphatic heterocycles. The van der Waals surface area contributed by atoms with Crippen LogP contribution in [0.1, 0.15) is 22.1 Å². The SMILES string of the molecule is COC(=O)CN1C(=O)c2cc(OC(=O)CN)ccc2C1O. The lowest BCUT2D eigenvalue weighted by molar-refractivity contribution is -0.143. The van der Waals surface area contributed by atoms with E-state index in [9.17, 15) is 19.5 Å². The fraction of sp³-hybridized carbons (Fsp3) is 0.308. The molecule has 0 saturated carbocycles. The summed E-state index contributed by atoms with van der Waals surface area (Å²) < 4.78 is 9.37. The quantitative estimate of drug-likeness (QED) is 0.549. The molecule has 1 aromatic rings. The molecule has 1 amide bonds. The van der Waals surface area contributed by atoms with Crippen LogP contribution in [0.2, 0.25) is 0 Å². The number of ether oxygens (including phenoxy) is 2. The van der Waals surface area contributed by atoms with E-state index in [1.165, 1.54) is 25.3 Å². The Bertz CT molecular complexity index is 600. The number of nitrogens with zero attached hydrogens (tertiary/aromatic N) is 1. The highest BCUT2D eigenvalue weighted by molar-refractivity contribution is 6.00. The van der Waals surface area contributed by atoms with Crippen LogP contribution in [-0.2, 0) is 14.3 Å². The standard InChI is InChI=1S/C13H14N2O6/c1-20-11(17)6-15-12(18)8-3-2-7(21-10(16)5-14)4-9(8)13(15)19/h2-4,12,18H,5-6,14H2,1H3. The van der Waals surface area contributed by atoms with Crippen LogP contribution < -0.4 is 10.5 Å². The van der Waals surface area contributed by atoms with Gasteiger partial charge in [0.05, 0.1) is 19.2 Å². The Morgan fingerprint density at radius 1 is 1.38 bits per heavy atom.